The Labute approximate surface area is 159 Å². The zero-order valence-corrected chi connectivity index (χ0v) is 15.1. The van der Waals surface area contributed by atoms with Gasteiger partial charge in [-0.1, -0.05) is 34.8 Å². The first-order valence-electron chi connectivity index (χ1n) is 8.67. The molecule has 0 saturated heterocycles. The maximum atomic E-state index is 11.7. The van der Waals surface area contributed by atoms with Crippen molar-refractivity contribution in [2.24, 2.45) is 0 Å². The van der Waals surface area contributed by atoms with E-state index >= 15 is 0 Å². The molecule has 1 saturated carbocycles. The van der Waals surface area contributed by atoms with Gasteiger partial charge in [0, 0.05) is 16.5 Å². The predicted octanol–water partition coefficient (Wildman–Crippen LogP) is 4.35. The Morgan fingerprint density at radius 2 is 1.93 bits per heavy atom. The van der Waals surface area contributed by atoms with Gasteiger partial charge in [0.2, 0.25) is 5.89 Å². The topological polar surface area (TPSA) is 114 Å². The van der Waals surface area contributed by atoms with E-state index in [1.165, 1.54) is 12.8 Å². The van der Waals surface area contributed by atoms with Crippen molar-refractivity contribution in [2.75, 3.05) is 5.32 Å². The highest BCUT2D eigenvalue weighted by molar-refractivity contribution is 6.30. The number of aromatic nitrogens is 3. The number of hydrogen-bond donors (Lipinski definition) is 2. The average molecular weight is 389 g/mol. The second-order valence-corrected chi connectivity index (χ2v) is 6.87. The van der Waals surface area contributed by atoms with Crippen LogP contribution >= 0.6 is 11.6 Å². The van der Waals surface area contributed by atoms with Crippen molar-refractivity contribution < 1.29 is 18.9 Å². The number of carboxylic acids is 1. The molecular formula is C18H17ClN4O4. The quantitative estimate of drug-likeness (QED) is 0.640. The molecule has 27 heavy (non-hydrogen) atoms. The molecular weight excluding hydrogens is 372 g/mol. The smallest absolute Gasteiger partial charge is 0.343 e. The van der Waals surface area contributed by atoms with Crippen molar-refractivity contribution in [3.63, 3.8) is 0 Å². The largest absolute Gasteiger partial charge is 0.477 e. The van der Waals surface area contributed by atoms with Crippen LogP contribution in [0.3, 0.4) is 0 Å². The number of carboxylic acid groups (broad SMARTS) is 1. The fourth-order valence-corrected chi connectivity index (χ4v) is 3.37. The lowest BCUT2D eigenvalue weighted by Crippen LogP contribution is -2.07. The van der Waals surface area contributed by atoms with E-state index in [0.717, 1.165) is 12.8 Å². The molecule has 1 aromatic carbocycles. The fourth-order valence-electron chi connectivity index (χ4n) is 3.25. The lowest BCUT2D eigenvalue weighted by Gasteiger charge is -2.01. The van der Waals surface area contributed by atoms with Gasteiger partial charge in [0.1, 0.15) is 0 Å². The van der Waals surface area contributed by atoms with Crippen molar-refractivity contribution in [3.05, 3.63) is 46.6 Å². The molecule has 0 atom stereocenters. The number of nitrogens with zero attached hydrogens (tertiary/aromatic N) is 3. The van der Waals surface area contributed by atoms with Crippen LogP contribution in [0.15, 0.2) is 33.3 Å². The maximum Gasteiger partial charge on any atom is 0.343 e. The number of nitrogens with one attached hydrogen (secondary N) is 1. The molecule has 0 radical (unpaired) electrons. The summed E-state index contributed by atoms with van der Waals surface area (Å²) in [6, 6.07) is 6.66. The first-order valence-corrected chi connectivity index (χ1v) is 9.05. The number of anilines is 1. The molecule has 0 bridgehead atoms. The third kappa shape index (κ3) is 3.66. The van der Waals surface area contributed by atoms with Crippen LogP contribution in [-0.2, 0) is 6.54 Å². The van der Waals surface area contributed by atoms with Gasteiger partial charge < -0.3 is 19.5 Å². The molecule has 0 spiro atoms. The van der Waals surface area contributed by atoms with E-state index in [4.69, 9.17) is 20.6 Å². The summed E-state index contributed by atoms with van der Waals surface area (Å²) in [7, 11) is 0. The predicted molar refractivity (Wildman–Crippen MR) is 96.7 cm³/mol. The molecule has 2 heterocycles. The second kappa shape index (κ2) is 7.40. The summed E-state index contributed by atoms with van der Waals surface area (Å²) in [5.74, 6) is 0.531. The zero-order chi connectivity index (χ0) is 18.8. The Hall–Kier alpha value is -2.87. The average Bonchev–Trinajstić information content (AvgIpc) is 3.40. The third-order valence-electron chi connectivity index (χ3n) is 4.61. The normalized spacial score (nSPS) is 14.6. The van der Waals surface area contributed by atoms with Crippen LogP contribution in [0, 0.1) is 0 Å². The Morgan fingerprint density at radius 1 is 1.19 bits per heavy atom. The summed E-state index contributed by atoms with van der Waals surface area (Å²) in [4.78, 5) is 16.1. The van der Waals surface area contributed by atoms with Crippen LogP contribution in [-0.4, -0.2) is 26.4 Å². The summed E-state index contributed by atoms with van der Waals surface area (Å²) in [6.07, 6.45) is 4.47. The standard InChI is InChI=1S/C18H17ClN4O4/c19-12-7-5-10(6-8-12)15-14(18(24)25)16(23-26-15)20-9-13-21-17(27-22-13)11-3-1-2-4-11/h5-8,11H,1-4,9H2,(H,20,23)(H,24,25). The van der Waals surface area contributed by atoms with Gasteiger partial charge >= 0.3 is 5.97 Å². The lowest BCUT2D eigenvalue weighted by atomic mass is 10.1. The molecule has 1 aliphatic rings. The minimum absolute atomic E-state index is 0.0585. The van der Waals surface area contributed by atoms with Crippen molar-refractivity contribution in [2.45, 2.75) is 38.1 Å². The van der Waals surface area contributed by atoms with E-state index in [2.05, 4.69) is 20.6 Å². The number of hydrogen-bond acceptors (Lipinski definition) is 7. The molecule has 0 unspecified atom stereocenters. The highest BCUT2D eigenvalue weighted by Crippen LogP contribution is 2.33. The van der Waals surface area contributed by atoms with E-state index in [1.807, 2.05) is 0 Å². The Bertz CT molecular complexity index is 945. The van der Waals surface area contributed by atoms with Gasteiger partial charge in [-0.15, -0.1) is 0 Å². The van der Waals surface area contributed by atoms with Gasteiger partial charge in [0.15, 0.2) is 23.0 Å². The van der Waals surface area contributed by atoms with Gasteiger partial charge in [0.05, 0.1) is 6.54 Å². The highest BCUT2D eigenvalue weighted by atomic mass is 35.5. The van der Waals surface area contributed by atoms with Crippen molar-refractivity contribution in [1.82, 2.24) is 15.3 Å². The molecule has 3 aromatic rings. The Kier molecular flexibility index (Phi) is 4.81. The van der Waals surface area contributed by atoms with Crippen molar-refractivity contribution >= 4 is 23.4 Å². The van der Waals surface area contributed by atoms with Crippen LogP contribution in [0.1, 0.15) is 53.7 Å². The highest BCUT2D eigenvalue weighted by Gasteiger charge is 2.25. The van der Waals surface area contributed by atoms with Crippen LogP contribution in [0.4, 0.5) is 5.82 Å². The molecule has 1 aliphatic carbocycles. The maximum absolute atomic E-state index is 11.7. The Morgan fingerprint density at radius 3 is 2.63 bits per heavy atom. The second-order valence-electron chi connectivity index (χ2n) is 6.43. The third-order valence-corrected chi connectivity index (χ3v) is 4.87. The molecule has 8 nitrogen and oxygen atoms in total. The van der Waals surface area contributed by atoms with Crippen LogP contribution in [0.5, 0.6) is 0 Å². The molecule has 0 amide bonds. The summed E-state index contributed by atoms with van der Waals surface area (Å²) in [5.41, 5.74) is 0.511. The number of carbonyl (C=O) groups is 1. The van der Waals surface area contributed by atoms with Gasteiger partial charge in [-0.2, -0.15) is 4.98 Å². The fraction of sp³-hybridized carbons (Fsp3) is 0.333. The monoisotopic (exact) mass is 388 g/mol. The SMILES string of the molecule is O=C(O)c1c(NCc2noc(C3CCCC3)n2)noc1-c1ccc(Cl)cc1. The van der Waals surface area contributed by atoms with E-state index in [-0.39, 0.29) is 23.7 Å². The molecule has 1 fully saturated rings. The van der Waals surface area contributed by atoms with E-state index in [9.17, 15) is 9.90 Å². The van der Waals surface area contributed by atoms with E-state index in [0.29, 0.717) is 28.2 Å². The van der Waals surface area contributed by atoms with Crippen LogP contribution in [0.25, 0.3) is 11.3 Å². The number of rotatable bonds is 6. The summed E-state index contributed by atoms with van der Waals surface area (Å²) < 4.78 is 10.6. The van der Waals surface area contributed by atoms with Crippen molar-refractivity contribution in [1.29, 1.82) is 0 Å². The van der Waals surface area contributed by atoms with Crippen LogP contribution < -0.4 is 5.32 Å². The molecule has 2 N–H and O–H groups in total. The Balaban J connectivity index is 1.52. The zero-order valence-electron chi connectivity index (χ0n) is 14.3. The van der Waals surface area contributed by atoms with Gasteiger partial charge in [-0.3, -0.25) is 0 Å². The number of benzene rings is 1. The molecule has 0 aliphatic heterocycles. The minimum atomic E-state index is -1.15. The number of aromatic carboxylic acids is 1. The number of halogens is 1. The summed E-state index contributed by atoms with van der Waals surface area (Å²) >= 11 is 5.88. The van der Waals surface area contributed by atoms with Crippen LogP contribution in [0.2, 0.25) is 5.02 Å². The van der Waals surface area contributed by atoms with E-state index in [1.54, 1.807) is 24.3 Å². The lowest BCUT2D eigenvalue weighted by molar-refractivity contribution is 0.0698. The molecule has 9 heteroatoms. The first-order chi connectivity index (χ1) is 13.1. The summed E-state index contributed by atoms with van der Waals surface area (Å²) in [5, 5.41) is 20.9. The molecule has 140 valence electrons. The first kappa shape index (κ1) is 17.5. The van der Waals surface area contributed by atoms with Gasteiger partial charge in [-0.05, 0) is 37.1 Å². The minimum Gasteiger partial charge on any atom is -0.477 e. The molecule has 4 rings (SSSR count). The summed E-state index contributed by atoms with van der Waals surface area (Å²) in [6.45, 7) is 0.184. The van der Waals surface area contributed by atoms with E-state index < -0.39 is 5.97 Å². The molecule has 2 aromatic heterocycles. The van der Waals surface area contributed by atoms with Crippen molar-refractivity contribution in [3.8, 4) is 11.3 Å². The van der Waals surface area contributed by atoms with Gasteiger partial charge in [0.25, 0.3) is 0 Å². The van der Waals surface area contributed by atoms with Gasteiger partial charge in [-0.25, -0.2) is 4.79 Å².